The van der Waals surface area contributed by atoms with Gasteiger partial charge in [0.25, 0.3) is 5.91 Å². The first-order valence-electron chi connectivity index (χ1n) is 9.95. The van der Waals surface area contributed by atoms with Gasteiger partial charge in [-0.1, -0.05) is 18.2 Å². The molecule has 154 valence electrons. The van der Waals surface area contributed by atoms with E-state index in [0.29, 0.717) is 34.9 Å². The molecule has 4 aromatic rings. The van der Waals surface area contributed by atoms with E-state index in [2.05, 4.69) is 15.6 Å². The molecule has 0 saturated carbocycles. The summed E-state index contributed by atoms with van der Waals surface area (Å²) in [6, 6.07) is 15.8. The Bertz CT molecular complexity index is 1270. The number of carbonyl (C=O) groups is 2. The molecule has 0 bridgehead atoms. The third kappa shape index (κ3) is 3.50. The lowest BCUT2D eigenvalue weighted by Crippen LogP contribution is -2.23. The van der Waals surface area contributed by atoms with Crippen LogP contribution in [-0.4, -0.2) is 21.2 Å². The third-order valence-corrected chi connectivity index (χ3v) is 5.46. The van der Waals surface area contributed by atoms with Gasteiger partial charge in [-0.05, 0) is 48.9 Å². The standard InChI is InChI=1S/C24H20N4O3/c1-15-19(10-13-31-15)24(30)26-18-8-6-16(7-9-18)22(29)21-23-25-11-12-28(23)14-17-4-2-3-5-20(17)27-21/h2-13,21,27H,14H2,1H3,(H,26,30). The number of Topliss-reactive ketones (excluding diaryl/α,β-unsaturated/α-hetero) is 1. The van der Waals surface area contributed by atoms with Crippen molar-refractivity contribution in [1.82, 2.24) is 9.55 Å². The van der Waals surface area contributed by atoms with Gasteiger partial charge in [0.15, 0.2) is 5.78 Å². The van der Waals surface area contributed by atoms with Crippen LogP contribution in [0.15, 0.2) is 77.7 Å². The summed E-state index contributed by atoms with van der Waals surface area (Å²) in [5.41, 5.74) is 3.63. The highest BCUT2D eigenvalue weighted by molar-refractivity contribution is 6.06. The molecule has 1 aliphatic rings. The fourth-order valence-corrected chi connectivity index (χ4v) is 3.80. The van der Waals surface area contributed by atoms with Gasteiger partial charge in [0, 0.05) is 29.3 Å². The van der Waals surface area contributed by atoms with Crippen molar-refractivity contribution in [2.75, 3.05) is 10.6 Å². The number of rotatable bonds is 4. The zero-order chi connectivity index (χ0) is 21.4. The maximum absolute atomic E-state index is 13.4. The molecule has 0 aliphatic carbocycles. The molecule has 2 aromatic heterocycles. The van der Waals surface area contributed by atoms with Crippen LogP contribution < -0.4 is 10.6 Å². The lowest BCUT2D eigenvalue weighted by molar-refractivity contribution is 0.0965. The number of anilines is 2. The van der Waals surface area contributed by atoms with E-state index in [1.807, 2.05) is 35.0 Å². The Balaban J connectivity index is 1.39. The van der Waals surface area contributed by atoms with E-state index >= 15 is 0 Å². The Kier molecular flexibility index (Phi) is 4.63. The summed E-state index contributed by atoms with van der Waals surface area (Å²) in [6.45, 7) is 2.39. The maximum atomic E-state index is 13.4. The topological polar surface area (TPSA) is 89.2 Å². The Morgan fingerprint density at radius 2 is 1.94 bits per heavy atom. The largest absolute Gasteiger partial charge is 0.469 e. The summed E-state index contributed by atoms with van der Waals surface area (Å²) < 4.78 is 7.17. The number of fused-ring (bicyclic) bond motifs is 2. The molecule has 0 radical (unpaired) electrons. The van der Waals surface area contributed by atoms with Gasteiger partial charge in [0.05, 0.1) is 18.4 Å². The van der Waals surface area contributed by atoms with Crippen LogP contribution in [0.25, 0.3) is 0 Å². The highest BCUT2D eigenvalue weighted by atomic mass is 16.3. The van der Waals surface area contributed by atoms with Crippen LogP contribution in [0.5, 0.6) is 0 Å². The van der Waals surface area contributed by atoms with Gasteiger partial charge in [0.1, 0.15) is 17.6 Å². The summed E-state index contributed by atoms with van der Waals surface area (Å²) in [5.74, 6) is 0.885. The molecule has 7 nitrogen and oxygen atoms in total. The van der Waals surface area contributed by atoms with E-state index in [-0.39, 0.29) is 11.7 Å². The van der Waals surface area contributed by atoms with Crippen LogP contribution in [0.4, 0.5) is 11.4 Å². The van der Waals surface area contributed by atoms with Gasteiger partial charge < -0.3 is 19.6 Å². The first-order chi connectivity index (χ1) is 15.1. The van der Waals surface area contributed by atoms with Gasteiger partial charge in [0.2, 0.25) is 0 Å². The highest BCUT2D eigenvalue weighted by Gasteiger charge is 2.29. The number of carbonyl (C=O) groups excluding carboxylic acids is 2. The molecule has 2 N–H and O–H groups in total. The quantitative estimate of drug-likeness (QED) is 0.484. The number of para-hydroxylation sites is 1. The van der Waals surface area contributed by atoms with Crippen LogP contribution in [0.3, 0.4) is 0 Å². The smallest absolute Gasteiger partial charge is 0.259 e. The third-order valence-electron chi connectivity index (χ3n) is 5.46. The molecule has 1 unspecified atom stereocenters. The lowest BCUT2D eigenvalue weighted by Gasteiger charge is -2.17. The average molecular weight is 412 g/mol. The Hall–Kier alpha value is -4.13. The second-order valence-electron chi connectivity index (χ2n) is 7.43. The summed E-state index contributed by atoms with van der Waals surface area (Å²) in [4.78, 5) is 30.2. The second-order valence-corrected chi connectivity index (χ2v) is 7.43. The molecule has 2 aromatic carbocycles. The zero-order valence-corrected chi connectivity index (χ0v) is 16.8. The predicted molar refractivity (Wildman–Crippen MR) is 116 cm³/mol. The van der Waals surface area contributed by atoms with E-state index in [0.717, 1.165) is 11.3 Å². The fraction of sp³-hybridized carbons (Fsp3) is 0.125. The van der Waals surface area contributed by atoms with Crippen molar-refractivity contribution in [3.8, 4) is 0 Å². The number of aromatic nitrogens is 2. The number of nitrogens with one attached hydrogen (secondary N) is 2. The van der Waals surface area contributed by atoms with Crippen LogP contribution in [0.2, 0.25) is 0 Å². The number of benzene rings is 2. The number of aryl methyl sites for hydroxylation is 1. The van der Waals surface area contributed by atoms with Crippen molar-refractivity contribution >= 4 is 23.1 Å². The molecule has 0 saturated heterocycles. The fourth-order valence-electron chi connectivity index (χ4n) is 3.80. The molecular weight excluding hydrogens is 392 g/mol. The van der Waals surface area contributed by atoms with Crippen molar-refractivity contribution in [2.24, 2.45) is 0 Å². The minimum atomic E-state index is -0.604. The second kappa shape index (κ2) is 7.60. The van der Waals surface area contributed by atoms with Gasteiger partial charge in [-0.25, -0.2) is 4.98 Å². The van der Waals surface area contributed by atoms with Crippen LogP contribution >= 0.6 is 0 Å². The molecule has 1 aliphatic heterocycles. The van der Waals surface area contributed by atoms with Crippen molar-refractivity contribution in [2.45, 2.75) is 19.5 Å². The zero-order valence-electron chi connectivity index (χ0n) is 16.8. The minimum absolute atomic E-state index is 0.0901. The van der Waals surface area contributed by atoms with Crippen molar-refractivity contribution in [3.05, 3.63) is 102 Å². The van der Waals surface area contributed by atoms with Gasteiger partial charge in [-0.3, -0.25) is 9.59 Å². The van der Waals surface area contributed by atoms with E-state index in [4.69, 9.17) is 4.42 Å². The van der Waals surface area contributed by atoms with E-state index in [9.17, 15) is 9.59 Å². The minimum Gasteiger partial charge on any atom is -0.469 e. The molecule has 1 amide bonds. The SMILES string of the molecule is Cc1occc1C(=O)Nc1ccc(C(=O)C2Nc3ccccc3Cn3ccnc32)cc1. The number of hydrogen-bond acceptors (Lipinski definition) is 5. The number of furan rings is 1. The van der Waals surface area contributed by atoms with Gasteiger partial charge in [-0.2, -0.15) is 0 Å². The molecule has 1 atom stereocenters. The van der Waals surface area contributed by atoms with Crippen LogP contribution in [-0.2, 0) is 6.54 Å². The van der Waals surface area contributed by atoms with Crippen LogP contribution in [0.1, 0.15) is 43.9 Å². The van der Waals surface area contributed by atoms with E-state index in [1.165, 1.54) is 6.26 Å². The summed E-state index contributed by atoms with van der Waals surface area (Å²) in [6.07, 6.45) is 5.07. The summed E-state index contributed by atoms with van der Waals surface area (Å²) in [5, 5.41) is 6.18. The summed E-state index contributed by atoms with van der Waals surface area (Å²) in [7, 11) is 0. The van der Waals surface area contributed by atoms with Gasteiger partial charge in [-0.15, -0.1) is 0 Å². The molecule has 3 heterocycles. The highest BCUT2D eigenvalue weighted by Crippen LogP contribution is 2.30. The monoisotopic (exact) mass is 412 g/mol. The molecular formula is C24H20N4O3. The average Bonchev–Trinajstić information content (AvgIpc) is 3.39. The number of hydrogen-bond donors (Lipinski definition) is 2. The summed E-state index contributed by atoms with van der Waals surface area (Å²) >= 11 is 0. The first-order valence-corrected chi connectivity index (χ1v) is 9.95. The number of ketones is 1. The predicted octanol–water partition coefficient (Wildman–Crippen LogP) is 4.43. The maximum Gasteiger partial charge on any atom is 0.259 e. The Morgan fingerprint density at radius 1 is 1.13 bits per heavy atom. The Morgan fingerprint density at radius 3 is 2.71 bits per heavy atom. The van der Waals surface area contributed by atoms with Gasteiger partial charge >= 0.3 is 0 Å². The normalized spacial score (nSPS) is 14.7. The van der Waals surface area contributed by atoms with Crippen molar-refractivity contribution < 1.29 is 14.0 Å². The number of amides is 1. The lowest BCUT2D eigenvalue weighted by atomic mass is 10.0. The molecule has 7 heteroatoms. The molecule has 5 rings (SSSR count). The molecule has 0 spiro atoms. The number of nitrogens with zero attached hydrogens (tertiary/aromatic N) is 2. The van der Waals surface area contributed by atoms with Crippen molar-refractivity contribution in [3.63, 3.8) is 0 Å². The van der Waals surface area contributed by atoms with Crippen molar-refractivity contribution in [1.29, 1.82) is 0 Å². The van der Waals surface area contributed by atoms with E-state index in [1.54, 1.807) is 43.5 Å². The molecule has 31 heavy (non-hydrogen) atoms. The number of imidazole rings is 1. The van der Waals surface area contributed by atoms with Crippen LogP contribution in [0, 0.1) is 6.92 Å². The van der Waals surface area contributed by atoms with E-state index < -0.39 is 6.04 Å². The molecule has 0 fully saturated rings. The first kappa shape index (κ1) is 18.9. The Labute approximate surface area is 178 Å².